The zero-order valence-corrected chi connectivity index (χ0v) is 10.5. The summed E-state index contributed by atoms with van der Waals surface area (Å²) >= 11 is 0. The molecule has 0 saturated heterocycles. The smallest absolute Gasteiger partial charge is 0.147 e. The number of benzene rings is 1. The highest BCUT2D eigenvalue weighted by atomic mass is 19.1. The third kappa shape index (κ3) is 4.83. The van der Waals surface area contributed by atoms with Crippen molar-refractivity contribution in [2.75, 3.05) is 18.4 Å². The van der Waals surface area contributed by atoms with Gasteiger partial charge in [0.25, 0.3) is 0 Å². The van der Waals surface area contributed by atoms with Crippen LogP contribution in [0.15, 0.2) is 18.2 Å². The van der Waals surface area contributed by atoms with Crippen molar-refractivity contribution in [3.05, 3.63) is 29.6 Å². The highest BCUT2D eigenvalue weighted by molar-refractivity contribution is 5.48. The topological polar surface area (TPSA) is 47.8 Å². The van der Waals surface area contributed by atoms with E-state index in [1.54, 1.807) is 12.1 Å². The molecule has 0 atom stereocenters. The van der Waals surface area contributed by atoms with Crippen molar-refractivity contribution in [2.45, 2.75) is 26.3 Å². The Morgan fingerprint density at radius 1 is 1.29 bits per heavy atom. The molecular formula is C13H18FN3. The number of hydrogen-bond acceptors (Lipinski definition) is 3. The van der Waals surface area contributed by atoms with Crippen LogP contribution in [0.2, 0.25) is 0 Å². The predicted molar refractivity (Wildman–Crippen MR) is 67.4 cm³/mol. The highest BCUT2D eigenvalue weighted by Crippen LogP contribution is 2.14. The van der Waals surface area contributed by atoms with Crippen LogP contribution in [0, 0.1) is 17.1 Å². The summed E-state index contributed by atoms with van der Waals surface area (Å²) in [6.07, 6.45) is 0. The van der Waals surface area contributed by atoms with E-state index in [1.807, 2.05) is 6.07 Å². The van der Waals surface area contributed by atoms with Gasteiger partial charge in [-0.2, -0.15) is 5.26 Å². The minimum atomic E-state index is -0.389. The normalized spacial score (nSPS) is 11.0. The summed E-state index contributed by atoms with van der Waals surface area (Å²) in [6, 6.07) is 6.33. The van der Waals surface area contributed by atoms with Crippen molar-refractivity contribution in [1.29, 1.82) is 5.26 Å². The number of nitrogens with zero attached hydrogens (tertiary/aromatic N) is 1. The number of rotatable bonds is 4. The van der Waals surface area contributed by atoms with E-state index >= 15 is 0 Å². The van der Waals surface area contributed by atoms with E-state index in [1.165, 1.54) is 6.07 Å². The van der Waals surface area contributed by atoms with Crippen molar-refractivity contribution < 1.29 is 4.39 Å². The predicted octanol–water partition coefficient (Wildman–Crippen LogP) is 2.50. The summed E-state index contributed by atoms with van der Waals surface area (Å²) in [6.45, 7) is 7.63. The van der Waals surface area contributed by atoms with Crippen LogP contribution in [0.3, 0.4) is 0 Å². The van der Waals surface area contributed by atoms with Crippen LogP contribution in [-0.2, 0) is 0 Å². The molecule has 0 spiro atoms. The number of halogens is 1. The minimum Gasteiger partial charge on any atom is -0.381 e. The Morgan fingerprint density at radius 2 is 2.00 bits per heavy atom. The Morgan fingerprint density at radius 3 is 2.53 bits per heavy atom. The maximum Gasteiger partial charge on any atom is 0.147 e. The SMILES string of the molecule is CC(C)(C)NCCNc1ccc(C#N)cc1F. The maximum atomic E-state index is 13.5. The largest absolute Gasteiger partial charge is 0.381 e. The zero-order chi connectivity index (χ0) is 12.9. The van der Waals surface area contributed by atoms with Crippen LogP contribution in [0.25, 0.3) is 0 Å². The fourth-order valence-corrected chi connectivity index (χ4v) is 1.36. The van der Waals surface area contributed by atoms with E-state index in [4.69, 9.17) is 5.26 Å². The second-order valence-electron chi connectivity index (χ2n) is 4.91. The van der Waals surface area contributed by atoms with Gasteiger partial charge >= 0.3 is 0 Å². The molecule has 0 saturated carbocycles. The third-order valence-electron chi connectivity index (χ3n) is 2.19. The highest BCUT2D eigenvalue weighted by Gasteiger charge is 2.07. The first-order valence-corrected chi connectivity index (χ1v) is 5.61. The molecule has 0 aliphatic heterocycles. The van der Waals surface area contributed by atoms with Crippen LogP contribution < -0.4 is 10.6 Å². The first-order chi connectivity index (χ1) is 7.92. The number of nitrogens with one attached hydrogen (secondary N) is 2. The molecule has 0 radical (unpaired) electrons. The summed E-state index contributed by atoms with van der Waals surface area (Å²) in [5, 5.41) is 14.9. The molecule has 0 unspecified atom stereocenters. The summed E-state index contributed by atoms with van der Waals surface area (Å²) in [5.41, 5.74) is 0.825. The van der Waals surface area contributed by atoms with E-state index in [0.29, 0.717) is 17.8 Å². The van der Waals surface area contributed by atoms with E-state index in [0.717, 1.165) is 6.54 Å². The number of nitriles is 1. The molecule has 0 aromatic heterocycles. The van der Waals surface area contributed by atoms with Crippen LogP contribution in [0.1, 0.15) is 26.3 Å². The van der Waals surface area contributed by atoms with Gasteiger partial charge in [0.2, 0.25) is 0 Å². The van der Waals surface area contributed by atoms with Gasteiger partial charge in [-0.1, -0.05) is 0 Å². The van der Waals surface area contributed by atoms with Gasteiger partial charge in [-0.05, 0) is 39.0 Å². The minimum absolute atomic E-state index is 0.0604. The van der Waals surface area contributed by atoms with Crippen molar-refractivity contribution in [1.82, 2.24) is 5.32 Å². The van der Waals surface area contributed by atoms with Gasteiger partial charge in [0, 0.05) is 18.6 Å². The molecule has 0 amide bonds. The van der Waals surface area contributed by atoms with Gasteiger partial charge in [-0.3, -0.25) is 0 Å². The molecule has 3 nitrogen and oxygen atoms in total. The summed E-state index contributed by atoms with van der Waals surface area (Å²) in [7, 11) is 0. The summed E-state index contributed by atoms with van der Waals surface area (Å²) in [4.78, 5) is 0. The fraction of sp³-hybridized carbons (Fsp3) is 0.462. The van der Waals surface area contributed by atoms with Crippen molar-refractivity contribution >= 4 is 5.69 Å². The lowest BCUT2D eigenvalue weighted by molar-refractivity contribution is 0.435. The maximum absolute atomic E-state index is 13.5. The van der Waals surface area contributed by atoms with Crippen molar-refractivity contribution in [3.63, 3.8) is 0 Å². The quantitative estimate of drug-likeness (QED) is 0.788. The Hall–Kier alpha value is -1.60. The lowest BCUT2D eigenvalue weighted by atomic mass is 10.1. The van der Waals surface area contributed by atoms with Gasteiger partial charge in [0.15, 0.2) is 0 Å². The Labute approximate surface area is 102 Å². The molecule has 1 aromatic carbocycles. The standard InChI is InChI=1S/C13H18FN3/c1-13(2,3)17-7-6-16-12-5-4-10(9-15)8-11(12)14/h4-5,8,16-17H,6-7H2,1-3H3. The third-order valence-corrected chi connectivity index (χ3v) is 2.19. The molecule has 2 N–H and O–H groups in total. The molecule has 0 aliphatic carbocycles. The first kappa shape index (κ1) is 13.5. The molecule has 17 heavy (non-hydrogen) atoms. The Kier molecular flexibility index (Phi) is 4.47. The van der Waals surface area contributed by atoms with E-state index < -0.39 is 0 Å². The molecule has 1 aromatic rings. The molecule has 4 heteroatoms. The lowest BCUT2D eigenvalue weighted by Gasteiger charge is -2.20. The Balaban J connectivity index is 2.45. The monoisotopic (exact) mass is 235 g/mol. The average molecular weight is 235 g/mol. The first-order valence-electron chi connectivity index (χ1n) is 5.61. The Bertz CT molecular complexity index is 416. The van der Waals surface area contributed by atoms with Gasteiger partial charge in [-0.15, -0.1) is 0 Å². The summed E-state index contributed by atoms with van der Waals surface area (Å²) < 4.78 is 13.5. The van der Waals surface area contributed by atoms with Crippen LogP contribution >= 0.6 is 0 Å². The van der Waals surface area contributed by atoms with Gasteiger partial charge < -0.3 is 10.6 Å². The fourth-order valence-electron chi connectivity index (χ4n) is 1.36. The average Bonchev–Trinajstić information content (AvgIpc) is 2.24. The van der Waals surface area contributed by atoms with Gasteiger partial charge in [-0.25, -0.2) is 4.39 Å². The van der Waals surface area contributed by atoms with Gasteiger partial charge in [0.1, 0.15) is 5.82 Å². The zero-order valence-electron chi connectivity index (χ0n) is 10.5. The molecule has 0 aliphatic rings. The number of hydrogen-bond donors (Lipinski definition) is 2. The molecule has 1 rings (SSSR count). The molecule has 92 valence electrons. The van der Waals surface area contributed by atoms with Crippen LogP contribution in [-0.4, -0.2) is 18.6 Å². The lowest BCUT2D eigenvalue weighted by Crippen LogP contribution is -2.38. The van der Waals surface area contributed by atoms with E-state index in [9.17, 15) is 4.39 Å². The van der Waals surface area contributed by atoms with Crippen molar-refractivity contribution in [2.24, 2.45) is 0 Å². The second-order valence-corrected chi connectivity index (χ2v) is 4.91. The number of anilines is 1. The van der Waals surface area contributed by atoms with Crippen LogP contribution in [0.5, 0.6) is 0 Å². The second kappa shape index (κ2) is 5.65. The molecule has 0 fully saturated rings. The van der Waals surface area contributed by atoms with E-state index in [2.05, 4.69) is 31.4 Å². The molecular weight excluding hydrogens is 217 g/mol. The van der Waals surface area contributed by atoms with Crippen molar-refractivity contribution in [3.8, 4) is 6.07 Å². The van der Waals surface area contributed by atoms with Gasteiger partial charge in [0.05, 0.1) is 17.3 Å². The molecule has 0 heterocycles. The van der Waals surface area contributed by atoms with Crippen LogP contribution in [0.4, 0.5) is 10.1 Å². The van der Waals surface area contributed by atoms with E-state index in [-0.39, 0.29) is 11.4 Å². The molecule has 0 bridgehead atoms. The summed E-state index contributed by atoms with van der Waals surface area (Å²) in [5.74, 6) is -0.389.